The average molecular weight is 440 g/mol. The Bertz CT molecular complexity index is 937. The van der Waals surface area contributed by atoms with Crippen molar-refractivity contribution in [3.05, 3.63) is 58.7 Å². The molecule has 3 rings (SSSR count). The molecular formula is C25H33N3O4. The molecule has 1 aliphatic heterocycles. The van der Waals surface area contributed by atoms with Gasteiger partial charge in [-0.15, -0.1) is 0 Å². The van der Waals surface area contributed by atoms with Gasteiger partial charge in [0.25, 0.3) is 0 Å². The number of hydrogen-bond acceptors (Lipinski definition) is 5. The second-order valence-electron chi connectivity index (χ2n) is 8.22. The Morgan fingerprint density at radius 3 is 2.62 bits per heavy atom. The summed E-state index contributed by atoms with van der Waals surface area (Å²) in [5.41, 5.74) is 9.51. The number of hydrogen-bond donors (Lipinski definition) is 4. The molecule has 1 fully saturated rings. The lowest BCUT2D eigenvalue weighted by Crippen LogP contribution is -2.23. The largest absolute Gasteiger partial charge is 0.493 e. The van der Waals surface area contributed by atoms with Gasteiger partial charge in [0.05, 0.1) is 13.2 Å². The Labute approximate surface area is 189 Å². The van der Waals surface area contributed by atoms with Crippen molar-refractivity contribution in [2.45, 2.75) is 45.6 Å². The summed E-state index contributed by atoms with van der Waals surface area (Å²) in [6.07, 6.45) is 3.51. The number of aryl methyl sites for hydroxylation is 2. The number of aliphatic carboxylic acids is 1. The van der Waals surface area contributed by atoms with Gasteiger partial charge in [-0.25, -0.2) is 4.79 Å². The second kappa shape index (κ2) is 11.0. The highest BCUT2D eigenvalue weighted by Crippen LogP contribution is 2.35. The molecule has 0 spiro atoms. The first-order valence-corrected chi connectivity index (χ1v) is 11.2. The monoisotopic (exact) mass is 439 g/mol. The fraction of sp³-hybridized carbons (Fsp3) is 0.440. The van der Waals surface area contributed by atoms with Crippen LogP contribution in [-0.2, 0) is 22.4 Å². The van der Waals surface area contributed by atoms with Gasteiger partial charge >= 0.3 is 5.97 Å². The van der Waals surface area contributed by atoms with Crippen LogP contribution < -0.4 is 15.8 Å². The summed E-state index contributed by atoms with van der Waals surface area (Å²) in [5, 5.41) is 20.8. The van der Waals surface area contributed by atoms with E-state index in [1.54, 1.807) is 24.3 Å². The van der Waals surface area contributed by atoms with Crippen LogP contribution in [0.25, 0.3) is 0 Å². The van der Waals surface area contributed by atoms with Crippen LogP contribution in [0.1, 0.15) is 55.0 Å². The number of nitrogens with one attached hydrogen (secondary N) is 2. The maximum Gasteiger partial charge on any atom is 0.330 e. The van der Waals surface area contributed by atoms with E-state index in [0.29, 0.717) is 41.7 Å². The number of carbonyl (C=O) groups is 1. The molecule has 0 saturated carbocycles. The van der Waals surface area contributed by atoms with Crippen LogP contribution in [0.4, 0.5) is 5.69 Å². The van der Waals surface area contributed by atoms with Crippen LogP contribution in [-0.4, -0.2) is 36.7 Å². The number of nitrogen functional groups attached to an aromatic ring is 1. The molecule has 1 aliphatic rings. The Balaban J connectivity index is 1.97. The summed E-state index contributed by atoms with van der Waals surface area (Å²) >= 11 is 0. The maximum absolute atomic E-state index is 12.4. The average Bonchev–Trinajstić information content (AvgIpc) is 3.30. The van der Waals surface area contributed by atoms with Gasteiger partial charge in [-0.3, -0.25) is 5.41 Å². The minimum atomic E-state index is -0.981. The van der Waals surface area contributed by atoms with E-state index < -0.39 is 12.0 Å². The number of rotatable bonds is 11. The molecule has 2 atom stereocenters. The summed E-state index contributed by atoms with van der Waals surface area (Å²) in [4.78, 5) is 12.4. The molecule has 1 heterocycles. The first kappa shape index (κ1) is 23.6. The van der Waals surface area contributed by atoms with E-state index in [4.69, 9.17) is 20.6 Å². The second-order valence-corrected chi connectivity index (χ2v) is 8.22. The van der Waals surface area contributed by atoms with E-state index in [2.05, 4.69) is 25.2 Å². The zero-order chi connectivity index (χ0) is 23.1. The zero-order valence-corrected chi connectivity index (χ0v) is 18.8. The van der Waals surface area contributed by atoms with Crippen molar-refractivity contribution >= 4 is 17.5 Å². The van der Waals surface area contributed by atoms with Crippen molar-refractivity contribution in [1.29, 1.82) is 5.41 Å². The van der Waals surface area contributed by atoms with Crippen LogP contribution in [0.15, 0.2) is 36.4 Å². The molecule has 172 valence electrons. The number of carboxylic acid groups (broad SMARTS) is 1. The van der Waals surface area contributed by atoms with E-state index in [1.165, 1.54) is 0 Å². The number of benzene rings is 2. The third-order valence-electron chi connectivity index (χ3n) is 5.73. The fourth-order valence-corrected chi connectivity index (χ4v) is 3.93. The number of nitrogens with two attached hydrogens (primary N) is 1. The van der Waals surface area contributed by atoms with E-state index in [-0.39, 0.29) is 5.84 Å². The van der Waals surface area contributed by atoms with Crippen molar-refractivity contribution in [1.82, 2.24) is 0 Å². The van der Waals surface area contributed by atoms with Gasteiger partial charge in [-0.2, -0.15) is 0 Å². The molecule has 0 bridgehead atoms. The van der Waals surface area contributed by atoms with Gasteiger partial charge in [-0.1, -0.05) is 26.3 Å². The predicted molar refractivity (Wildman–Crippen MR) is 126 cm³/mol. The first-order chi connectivity index (χ1) is 15.4. The SMILES string of the molecule is CCCc1cc(CC)cc(C(Nc2ccc(C(=N)N)cc2)C(=O)O)c1OCC1CCOC1. The number of anilines is 1. The lowest BCUT2D eigenvalue weighted by molar-refractivity contribution is -0.138. The van der Waals surface area contributed by atoms with Crippen LogP contribution in [0.3, 0.4) is 0 Å². The molecule has 0 radical (unpaired) electrons. The molecule has 2 aromatic rings. The molecule has 5 N–H and O–H groups in total. The topological polar surface area (TPSA) is 118 Å². The lowest BCUT2D eigenvalue weighted by atomic mass is 9.95. The molecule has 0 amide bonds. The molecular weight excluding hydrogens is 406 g/mol. The Hall–Kier alpha value is -3.06. The van der Waals surface area contributed by atoms with Crippen LogP contribution >= 0.6 is 0 Å². The van der Waals surface area contributed by atoms with Crippen LogP contribution in [0, 0.1) is 11.3 Å². The molecule has 2 unspecified atom stereocenters. The lowest BCUT2D eigenvalue weighted by Gasteiger charge is -2.24. The van der Waals surface area contributed by atoms with Gasteiger partial charge in [0.2, 0.25) is 0 Å². The summed E-state index contributed by atoms with van der Waals surface area (Å²) in [5.74, 6) is -0.0297. The van der Waals surface area contributed by atoms with Crippen LogP contribution in [0.5, 0.6) is 5.75 Å². The van der Waals surface area contributed by atoms with Gasteiger partial charge in [-0.05, 0) is 60.7 Å². The van der Waals surface area contributed by atoms with Crippen molar-refractivity contribution in [3.8, 4) is 5.75 Å². The van der Waals surface area contributed by atoms with Gasteiger partial charge in [0.1, 0.15) is 11.6 Å². The third-order valence-corrected chi connectivity index (χ3v) is 5.73. The molecule has 7 nitrogen and oxygen atoms in total. The number of carboxylic acids is 1. The van der Waals surface area contributed by atoms with Gasteiger partial charge in [0, 0.05) is 29.3 Å². The minimum Gasteiger partial charge on any atom is -0.493 e. The summed E-state index contributed by atoms with van der Waals surface area (Å²) < 4.78 is 11.8. The quantitative estimate of drug-likeness (QED) is 0.309. The predicted octanol–water partition coefficient (Wildman–Crippen LogP) is 4.14. The molecule has 2 aromatic carbocycles. The summed E-state index contributed by atoms with van der Waals surface area (Å²) in [7, 11) is 0. The zero-order valence-electron chi connectivity index (χ0n) is 18.8. The molecule has 32 heavy (non-hydrogen) atoms. The molecule has 7 heteroatoms. The van der Waals surface area contributed by atoms with E-state index >= 15 is 0 Å². The van der Waals surface area contributed by atoms with Gasteiger partial charge in [0.15, 0.2) is 6.04 Å². The van der Waals surface area contributed by atoms with Crippen LogP contribution in [0.2, 0.25) is 0 Å². The Morgan fingerprint density at radius 1 is 1.31 bits per heavy atom. The highest BCUT2D eigenvalue weighted by Gasteiger charge is 2.27. The highest BCUT2D eigenvalue weighted by molar-refractivity contribution is 5.95. The molecule has 0 aliphatic carbocycles. The number of ether oxygens (including phenoxy) is 2. The maximum atomic E-state index is 12.4. The van der Waals surface area contributed by atoms with E-state index in [1.807, 2.05) is 6.07 Å². The van der Waals surface area contributed by atoms with Crippen molar-refractivity contribution in [2.24, 2.45) is 11.7 Å². The van der Waals surface area contributed by atoms with Crippen molar-refractivity contribution in [3.63, 3.8) is 0 Å². The Kier molecular flexibility index (Phi) is 8.11. The normalized spacial score (nSPS) is 16.5. The minimum absolute atomic E-state index is 0.0298. The summed E-state index contributed by atoms with van der Waals surface area (Å²) in [6, 6.07) is 9.97. The van der Waals surface area contributed by atoms with Gasteiger partial charge < -0.3 is 25.6 Å². The fourth-order valence-electron chi connectivity index (χ4n) is 3.93. The molecule has 1 saturated heterocycles. The van der Waals surface area contributed by atoms with Crippen molar-refractivity contribution in [2.75, 3.05) is 25.1 Å². The third kappa shape index (κ3) is 5.79. The number of amidine groups is 1. The van der Waals surface area contributed by atoms with E-state index in [9.17, 15) is 9.90 Å². The van der Waals surface area contributed by atoms with E-state index in [0.717, 1.165) is 43.4 Å². The Morgan fingerprint density at radius 2 is 2.06 bits per heavy atom. The highest BCUT2D eigenvalue weighted by atomic mass is 16.5. The molecule has 0 aromatic heterocycles. The standard InChI is InChI=1S/C25H33N3O4/c1-3-5-19-12-16(4-2)13-21(23(19)32-15-17-10-11-31-14-17)22(25(29)30)28-20-8-6-18(7-9-20)24(26)27/h6-9,12-13,17,22,28H,3-5,10-11,14-15H2,1-2H3,(H3,26,27)(H,29,30). The van der Waals surface area contributed by atoms with Crippen molar-refractivity contribution < 1.29 is 19.4 Å². The smallest absolute Gasteiger partial charge is 0.330 e. The first-order valence-electron chi connectivity index (χ1n) is 11.2. The summed E-state index contributed by atoms with van der Waals surface area (Å²) in [6.45, 7) is 6.10.